The van der Waals surface area contributed by atoms with Crippen LogP contribution in [-0.4, -0.2) is 72.3 Å². The third-order valence-electron chi connectivity index (χ3n) is 6.82. The summed E-state index contributed by atoms with van der Waals surface area (Å²) >= 11 is 0. The van der Waals surface area contributed by atoms with E-state index in [4.69, 9.17) is 9.72 Å². The standard InChI is InChI=1S/C27H28N4O4/c1-18-17-23(28-25-19(18)9-5-10-22(25)35-2)29-13-15-30(16-14-29)24(32)11-6-12-31-26(33)20-7-3-4-8-21(20)27(31)34/h3-5,7-10,17H,6,11-16H2,1-2H3. The maximum absolute atomic E-state index is 12.8. The minimum atomic E-state index is -0.276. The van der Waals surface area contributed by atoms with Gasteiger partial charge in [-0.05, 0) is 43.2 Å². The number of ether oxygens (including phenoxy) is 1. The summed E-state index contributed by atoms with van der Waals surface area (Å²) in [6.45, 7) is 4.92. The van der Waals surface area contributed by atoms with Crippen LogP contribution in [0.2, 0.25) is 0 Å². The number of carbonyl (C=O) groups excluding carboxylic acids is 3. The first kappa shape index (κ1) is 22.8. The fourth-order valence-corrected chi connectivity index (χ4v) is 4.87. The second-order valence-corrected chi connectivity index (χ2v) is 8.93. The van der Waals surface area contributed by atoms with Gasteiger partial charge in [-0.2, -0.15) is 0 Å². The van der Waals surface area contributed by atoms with Crippen LogP contribution in [0, 0.1) is 6.92 Å². The van der Waals surface area contributed by atoms with Gasteiger partial charge < -0.3 is 14.5 Å². The summed E-state index contributed by atoms with van der Waals surface area (Å²) in [5.41, 5.74) is 2.86. The Hall–Kier alpha value is -3.94. The summed E-state index contributed by atoms with van der Waals surface area (Å²) in [5, 5.41) is 1.07. The molecule has 0 bridgehead atoms. The Morgan fingerprint density at radius 2 is 1.66 bits per heavy atom. The van der Waals surface area contributed by atoms with E-state index in [9.17, 15) is 14.4 Å². The SMILES string of the molecule is COc1cccc2c(C)cc(N3CCN(C(=O)CCCN4C(=O)c5ccccc5C4=O)CC3)nc12. The summed E-state index contributed by atoms with van der Waals surface area (Å²) in [6, 6.07) is 14.9. The Bertz CT molecular complexity index is 1280. The van der Waals surface area contributed by atoms with Gasteiger partial charge >= 0.3 is 0 Å². The van der Waals surface area contributed by atoms with Crippen molar-refractivity contribution in [2.75, 3.05) is 44.7 Å². The molecule has 3 aromatic rings. The van der Waals surface area contributed by atoms with Gasteiger partial charge in [-0.15, -0.1) is 0 Å². The highest BCUT2D eigenvalue weighted by Gasteiger charge is 2.34. The first-order chi connectivity index (χ1) is 17.0. The van der Waals surface area contributed by atoms with Crippen molar-refractivity contribution in [3.63, 3.8) is 0 Å². The number of hydrogen-bond acceptors (Lipinski definition) is 6. The number of anilines is 1. The van der Waals surface area contributed by atoms with Gasteiger partial charge in [0.25, 0.3) is 11.8 Å². The predicted molar refractivity (Wildman–Crippen MR) is 133 cm³/mol. The number of para-hydroxylation sites is 1. The normalized spacial score (nSPS) is 15.7. The van der Waals surface area contributed by atoms with Crippen molar-refractivity contribution in [2.45, 2.75) is 19.8 Å². The van der Waals surface area contributed by atoms with E-state index in [1.807, 2.05) is 23.1 Å². The summed E-state index contributed by atoms with van der Waals surface area (Å²) in [7, 11) is 1.65. The monoisotopic (exact) mass is 472 g/mol. The Morgan fingerprint density at radius 1 is 0.971 bits per heavy atom. The van der Waals surface area contributed by atoms with Crippen molar-refractivity contribution in [3.05, 3.63) is 65.2 Å². The third kappa shape index (κ3) is 4.20. The van der Waals surface area contributed by atoms with Crippen LogP contribution in [0.1, 0.15) is 39.1 Å². The lowest BCUT2D eigenvalue weighted by Crippen LogP contribution is -2.49. The lowest BCUT2D eigenvalue weighted by Gasteiger charge is -2.35. The fraction of sp³-hybridized carbons (Fsp3) is 0.333. The van der Waals surface area contributed by atoms with Gasteiger partial charge in [-0.1, -0.05) is 24.3 Å². The van der Waals surface area contributed by atoms with E-state index >= 15 is 0 Å². The van der Waals surface area contributed by atoms with Gasteiger partial charge in [0.2, 0.25) is 5.91 Å². The van der Waals surface area contributed by atoms with Gasteiger partial charge in [0, 0.05) is 44.5 Å². The molecule has 5 rings (SSSR count). The van der Waals surface area contributed by atoms with Crippen LogP contribution in [0.15, 0.2) is 48.5 Å². The summed E-state index contributed by atoms with van der Waals surface area (Å²) < 4.78 is 5.50. The molecule has 3 heterocycles. The van der Waals surface area contributed by atoms with Crippen LogP contribution < -0.4 is 9.64 Å². The molecule has 3 amide bonds. The highest BCUT2D eigenvalue weighted by molar-refractivity contribution is 6.21. The van der Waals surface area contributed by atoms with Gasteiger partial charge in [-0.25, -0.2) is 4.98 Å². The maximum Gasteiger partial charge on any atom is 0.261 e. The number of aromatic nitrogens is 1. The van der Waals surface area contributed by atoms with E-state index in [-0.39, 0.29) is 24.3 Å². The summed E-state index contributed by atoms with van der Waals surface area (Å²) in [6.07, 6.45) is 0.758. The van der Waals surface area contributed by atoms with Gasteiger partial charge in [0.1, 0.15) is 17.1 Å². The van der Waals surface area contributed by atoms with Crippen LogP contribution in [0.25, 0.3) is 10.9 Å². The Balaban J connectivity index is 1.16. The first-order valence-electron chi connectivity index (χ1n) is 11.9. The maximum atomic E-state index is 12.8. The number of rotatable bonds is 6. The lowest BCUT2D eigenvalue weighted by molar-refractivity contribution is -0.131. The van der Waals surface area contributed by atoms with E-state index in [0.717, 1.165) is 28.0 Å². The van der Waals surface area contributed by atoms with Crippen molar-refractivity contribution >= 4 is 34.4 Å². The van der Waals surface area contributed by atoms with E-state index in [0.29, 0.717) is 50.1 Å². The lowest BCUT2D eigenvalue weighted by atomic mass is 10.1. The number of fused-ring (bicyclic) bond motifs is 2. The van der Waals surface area contributed by atoms with Crippen LogP contribution in [0.3, 0.4) is 0 Å². The van der Waals surface area contributed by atoms with E-state index < -0.39 is 0 Å². The highest BCUT2D eigenvalue weighted by Crippen LogP contribution is 2.29. The second kappa shape index (κ2) is 9.37. The zero-order valence-electron chi connectivity index (χ0n) is 20.0. The quantitative estimate of drug-likeness (QED) is 0.512. The number of carbonyl (C=O) groups is 3. The number of benzene rings is 2. The molecule has 1 saturated heterocycles. The summed E-state index contributed by atoms with van der Waals surface area (Å²) in [5.74, 6) is 1.13. The third-order valence-corrected chi connectivity index (χ3v) is 6.82. The molecule has 0 N–H and O–H groups in total. The average molecular weight is 473 g/mol. The molecule has 0 saturated carbocycles. The molecule has 35 heavy (non-hydrogen) atoms. The van der Waals surface area contributed by atoms with E-state index in [1.165, 1.54) is 4.90 Å². The molecule has 8 heteroatoms. The van der Waals surface area contributed by atoms with E-state index in [1.54, 1.807) is 31.4 Å². The number of amides is 3. The molecule has 1 aromatic heterocycles. The molecule has 0 radical (unpaired) electrons. The fourth-order valence-electron chi connectivity index (χ4n) is 4.87. The molecular weight excluding hydrogens is 444 g/mol. The van der Waals surface area contributed by atoms with Crippen molar-refractivity contribution < 1.29 is 19.1 Å². The van der Waals surface area contributed by atoms with Crippen LogP contribution in [0.4, 0.5) is 5.82 Å². The number of methoxy groups -OCH3 is 1. The van der Waals surface area contributed by atoms with Crippen LogP contribution in [-0.2, 0) is 4.79 Å². The Kier molecular flexibility index (Phi) is 6.11. The van der Waals surface area contributed by atoms with Gasteiger partial charge in [0.15, 0.2) is 0 Å². The number of imide groups is 1. The van der Waals surface area contributed by atoms with Crippen molar-refractivity contribution in [2.24, 2.45) is 0 Å². The number of aryl methyl sites for hydroxylation is 1. The molecule has 180 valence electrons. The molecule has 0 atom stereocenters. The number of piperazine rings is 1. The topological polar surface area (TPSA) is 83.0 Å². The Morgan fingerprint density at radius 3 is 2.31 bits per heavy atom. The molecule has 2 aliphatic heterocycles. The Labute approximate surface area is 204 Å². The molecule has 0 spiro atoms. The zero-order chi connectivity index (χ0) is 24.5. The minimum absolute atomic E-state index is 0.0468. The van der Waals surface area contributed by atoms with Gasteiger partial charge in [-0.3, -0.25) is 19.3 Å². The van der Waals surface area contributed by atoms with Crippen molar-refractivity contribution in [1.29, 1.82) is 0 Å². The zero-order valence-corrected chi connectivity index (χ0v) is 20.0. The molecule has 2 aromatic carbocycles. The number of pyridine rings is 1. The van der Waals surface area contributed by atoms with Crippen LogP contribution in [0.5, 0.6) is 5.75 Å². The minimum Gasteiger partial charge on any atom is -0.494 e. The van der Waals surface area contributed by atoms with Crippen molar-refractivity contribution in [1.82, 2.24) is 14.8 Å². The van der Waals surface area contributed by atoms with Crippen molar-refractivity contribution in [3.8, 4) is 5.75 Å². The largest absolute Gasteiger partial charge is 0.494 e. The number of nitrogens with zero attached hydrogens (tertiary/aromatic N) is 4. The smallest absolute Gasteiger partial charge is 0.261 e. The number of hydrogen-bond donors (Lipinski definition) is 0. The molecule has 8 nitrogen and oxygen atoms in total. The van der Waals surface area contributed by atoms with E-state index in [2.05, 4.69) is 17.9 Å². The van der Waals surface area contributed by atoms with Gasteiger partial charge in [0.05, 0.1) is 18.2 Å². The second-order valence-electron chi connectivity index (χ2n) is 8.93. The summed E-state index contributed by atoms with van der Waals surface area (Å²) in [4.78, 5) is 47.9. The molecule has 1 fully saturated rings. The molecule has 2 aliphatic rings. The first-order valence-corrected chi connectivity index (χ1v) is 11.9. The highest BCUT2D eigenvalue weighted by atomic mass is 16.5. The molecule has 0 aliphatic carbocycles. The van der Waals surface area contributed by atoms with Crippen LogP contribution >= 0.6 is 0 Å². The molecule has 0 unspecified atom stereocenters. The average Bonchev–Trinajstić information content (AvgIpc) is 3.13. The predicted octanol–water partition coefficient (Wildman–Crippen LogP) is 3.28. The molecular formula is C27H28N4O4.